The van der Waals surface area contributed by atoms with E-state index in [4.69, 9.17) is 4.74 Å². The smallest absolute Gasteiger partial charge is 0.261 e. The molecule has 0 spiro atoms. The summed E-state index contributed by atoms with van der Waals surface area (Å²) < 4.78 is 6.97. The van der Waals surface area contributed by atoms with Gasteiger partial charge in [0.25, 0.3) is 5.91 Å². The van der Waals surface area contributed by atoms with E-state index in [2.05, 4.69) is 21.2 Å². The molecule has 0 saturated carbocycles. The van der Waals surface area contributed by atoms with Crippen molar-refractivity contribution in [3.05, 3.63) is 99.0 Å². The molecule has 0 radical (unpaired) electrons. The van der Waals surface area contributed by atoms with Crippen molar-refractivity contribution >= 4 is 27.7 Å². The first-order valence-electron chi connectivity index (χ1n) is 12.3. The molecule has 0 saturated heterocycles. The molecule has 0 heterocycles. The number of carbonyl (C=O) groups is 2. The van der Waals surface area contributed by atoms with Crippen molar-refractivity contribution in [1.82, 2.24) is 10.2 Å². The number of aryl methyl sites for hydroxylation is 3. The summed E-state index contributed by atoms with van der Waals surface area (Å²) in [5, 5.41) is 3.00. The summed E-state index contributed by atoms with van der Waals surface area (Å²) in [5.74, 6) is 0.242. The van der Waals surface area contributed by atoms with Crippen molar-refractivity contribution in [1.29, 1.82) is 0 Å². The van der Waals surface area contributed by atoms with Crippen LogP contribution in [0.2, 0.25) is 0 Å². The molecule has 3 rings (SSSR count). The van der Waals surface area contributed by atoms with Crippen molar-refractivity contribution < 1.29 is 14.3 Å². The molecule has 0 fully saturated rings. The van der Waals surface area contributed by atoms with E-state index < -0.39 is 6.04 Å². The zero-order valence-corrected chi connectivity index (χ0v) is 23.1. The van der Waals surface area contributed by atoms with Gasteiger partial charge in [0.1, 0.15) is 11.8 Å². The highest BCUT2D eigenvalue weighted by molar-refractivity contribution is 9.10. The van der Waals surface area contributed by atoms with Crippen molar-refractivity contribution in [2.75, 3.05) is 13.2 Å². The SMILES string of the molecule is CCCNC(=O)[C@@H](Cc1ccccc1)N(Cc1cccc(C)c1)C(=O)COc1cc(C)c(Br)c(C)c1. The summed E-state index contributed by atoms with van der Waals surface area (Å²) in [6, 6.07) is 21.0. The Hall–Kier alpha value is -3.12. The molecular weight excluding hydrogens is 516 g/mol. The summed E-state index contributed by atoms with van der Waals surface area (Å²) in [6.45, 7) is 8.74. The Bertz CT molecular complexity index is 1160. The summed E-state index contributed by atoms with van der Waals surface area (Å²) in [5.41, 5.74) is 5.15. The standard InChI is InChI=1S/C30H35BrN2O3/c1-5-14-32-30(35)27(18-24-11-7-6-8-12-24)33(19-25-13-9-10-21(2)15-25)28(34)20-36-26-16-22(3)29(31)23(4)17-26/h6-13,15-17,27H,5,14,18-20H2,1-4H3,(H,32,35)/t27-/m1/s1. The van der Waals surface area contributed by atoms with Gasteiger partial charge in [-0.05, 0) is 61.6 Å². The van der Waals surface area contributed by atoms with Crippen LogP contribution in [-0.2, 0) is 22.6 Å². The number of carbonyl (C=O) groups excluding carboxylic acids is 2. The number of nitrogens with zero attached hydrogens (tertiary/aromatic N) is 1. The van der Waals surface area contributed by atoms with Crippen LogP contribution in [0.4, 0.5) is 0 Å². The summed E-state index contributed by atoms with van der Waals surface area (Å²) >= 11 is 3.57. The van der Waals surface area contributed by atoms with Gasteiger partial charge in [-0.25, -0.2) is 0 Å². The molecular formula is C30H35BrN2O3. The molecule has 3 aromatic rings. The minimum Gasteiger partial charge on any atom is -0.484 e. The Morgan fingerprint density at radius 1 is 0.944 bits per heavy atom. The highest BCUT2D eigenvalue weighted by Gasteiger charge is 2.30. The summed E-state index contributed by atoms with van der Waals surface area (Å²) in [6.07, 6.45) is 1.24. The van der Waals surface area contributed by atoms with E-state index in [1.54, 1.807) is 4.90 Å². The number of benzene rings is 3. The first kappa shape index (κ1) is 27.5. The van der Waals surface area contributed by atoms with E-state index in [1.807, 2.05) is 94.4 Å². The van der Waals surface area contributed by atoms with Crippen molar-refractivity contribution in [2.24, 2.45) is 0 Å². The second-order valence-electron chi connectivity index (χ2n) is 9.17. The molecule has 1 atom stereocenters. The van der Waals surface area contributed by atoms with Crippen LogP contribution in [0.1, 0.15) is 41.2 Å². The van der Waals surface area contributed by atoms with Gasteiger partial charge in [-0.3, -0.25) is 9.59 Å². The lowest BCUT2D eigenvalue weighted by molar-refractivity contribution is -0.142. The van der Waals surface area contributed by atoms with Crippen LogP contribution in [0.3, 0.4) is 0 Å². The summed E-state index contributed by atoms with van der Waals surface area (Å²) in [4.78, 5) is 28.7. The maximum atomic E-state index is 13.7. The first-order valence-corrected chi connectivity index (χ1v) is 13.1. The number of hydrogen-bond donors (Lipinski definition) is 1. The molecule has 1 N–H and O–H groups in total. The molecule has 2 amide bonds. The predicted molar refractivity (Wildman–Crippen MR) is 148 cm³/mol. The van der Waals surface area contributed by atoms with E-state index in [0.717, 1.165) is 38.7 Å². The maximum Gasteiger partial charge on any atom is 0.261 e. The fraction of sp³-hybridized carbons (Fsp3) is 0.333. The largest absolute Gasteiger partial charge is 0.484 e. The number of halogens is 1. The Morgan fingerprint density at radius 2 is 1.61 bits per heavy atom. The normalized spacial score (nSPS) is 11.6. The topological polar surface area (TPSA) is 58.6 Å². The van der Waals surface area contributed by atoms with E-state index in [1.165, 1.54) is 0 Å². The first-order chi connectivity index (χ1) is 17.3. The van der Waals surface area contributed by atoms with Crippen LogP contribution in [-0.4, -0.2) is 35.9 Å². The van der Waals surface area contributed by atoms with Gasteiger partial charge in [-0.2, -0.15) is 0 Å². The second kappa shape index (κ2) is 13.3. The minimum absolute atomic E-state index is 0.154. The molecule has 0 unspecified atom stereocenters. The average Bonchev–Trinajstić information content (AvgIpc) is 2.87. The van der Waals surface area contributed by atoms with Crippen LogP contribution < -0.4 is 10.1 Å². The second-order valence-corrected chi connectivity index (χ2v) is 9.96. The van der Waals surface area contributed by atoms with Gasteiger partial charge in [0.15, 0.2) is 6.61 Å². The minimum atomic E-state index is -0.663. The predicted octanol–water partition coefficient (Wildman–Crippen LogP) is 5.92. The zero-order valence-electron chi connectivity index (χ0n) is 21.5. The Labute approximate surface area is 223 Å². The van der Waals surface area contributed by atoms with E-state index in [9.17, 15) is 9.59 Å². The maximum absolute atomic E-state index is 13.7. The number of rotatable bonds is 11. The molecule has 0 aliphatic heterocycles. The van der Waals surface area contributed by atoms with Gasteiger partial charge in [0.05, 0.1) is 0 Å². The van der Waals surface area contributed by atoms with Gasteiger partial charge in [-0.15, -0.1) is 0 Å². The molecule has 3 aromatic carbocycles. The average molecular weight is 552 g/mol. The lowest BCUT2D eigenvalue weighted by Gasteiger charge is -2.31. The molecule has 36 heavy (non-hydrogen) atoms. The van der Waals surface area contributed by atoms with Crippen LogP contribution in [0, 0.1) is 20.8 Å². The molecule has 6 heteroatoms. The highest BCUT2D eigenvalue weighted by Crippen LogP contribution is 2.26. The zero-order chi connectivity index (χ0) is 26.1. The molecule has 0 bridgehead atoms. The molecule has 190 valence electrons. The highest BCUT2D eigenvalue weighted by atomic mass is 79.9. The lowest BCUT2D eigenvalue weighted by atomic mass is 10.0. The van der Waals surface area contributed by atoms with E-state index >= 15 is 0 Å². The van der Waals surface area contributed by atoms with Crippen LogP contribution >= 0.6 is 15.9 Å². The van der Waals surface area contributed by atoms with Crippen LogP contribution in [0.15, 0.2) is 71.2 Å². The Morgan fingerprint density at radius 3 is 2.25 bits per heavy atom. The number of ether oxygens (including phenoxy) is 1. The fourth-order valence-corrected chi connectivity index (χ4v) is 4.37. The molecule has 0 aliphatic rings. The Kier molecular flexibility index (Phi) is 10.1. The molecule has 0 aliphatic carbocycles. The molecule has 5 nitrogen and oxygen atoms in total. The van der Waals surface area contributed by atoms with Crippen LogP contribution in [0.5, 0.6) is 5.75 Å². The van der Waals surface area contributed by atoms with Gasteiger partial charge in [-0.1, -0.05) is 83.0 Å². The lowest BCUT2D eigenvalue weighted by Crippen LogP contribution is -2.51. The van der Waals surface area contributed by atoms with Gasteiger partial charge >= 0.3 is 0 Å². The van der Waals surface area contributed by atoms with Gasteiger partial charge in [0, 0.05) is 24.0 Å². The van der Waals surface area contributed by atoms with E-state index in [0.29, 0.717) is 25.3 Å². The summed E-state index contributed by atoms with van der Waals surface area (Å²) in [7, 11) is 0. The third kappa shape index (κ3) is 7.69. The number of amides is 2. The number of hydrogen-bond acceptors (Lipinski definition) is 3. The molecule has 0 aromatic heterocycles. The van der Waals surface area contributed by atoms with Gasteiger partial charge in [0.2, 0.25) is 5.91 Å². The monoisotopic (exact) mass is 550 g/mol. The third-order valence-corrected chi connectivity index (χ3v) is 7.28. The van der Waals surface area contributed by atoms with E-state index in [-0.39, 0.29) is 18.4 Å². The third-order valence-electron chi connectivity index (χ3n) is 6.03. The fourth-order valence-electron chi connectivity index (χ4n) is 4.14. The van der Waals surface area contributed by atoms with Crippen molar-refractivity contribution in [3.63, 3.8) is 0 Å². The number of nitrogens with one attached hydrogen (secondary N) is 1. The van der Waals surface area contributed by atoms with Crippen molar-refractivity contribution in [3.8, 4) is 5.75 Å². The van der Waals surface area contributed by atoms with Gasteiger partial charge < -0.3 is 15.0 Å². The quantitative estimate of drug-likeness (QED) is 0.322. The van der Waals surface area contributed by atoms with Crippen molar-refractivity contribution in [2.45, 2.75) is 53.1 Å². The Balaban J connectivity index is 1.91. The van der Waals surface area contributed by atoms with Crippen LogP contribution in [0.25, 0.3) is 0 Å².